The topological polar surface area (TPSA) is 49.7 Å². The first kappa shape index (κ1) is 16.5. The quantitative estimate of drug-likeness (QED) is 0.438. The minimum atomic E-state index is -2.48. The highest BCUT2D eigenvalue weighted by Gasteiger charge is 2.41. The molecule has 0 aromatic heterocycles. The smallest absolute Gasteiger partial charge is 0.426 e. The highest BCUT2D eigenvalue weighted by Crippen LogP contribution is 2.27. The largest absolute Gasteiger partial charge is 0.468 e. The lowest BCUT2D eigenvalue weighted by atomic mass is 9.79. The van der Waals surface area contributed by atoms with Gasteiger partial charge in [-0.15, -0.1) is 0 Å². The van der Waals surface area contributed by atoms with Crippen LogP contribution in [0.1, 0.15) is 34.1 Å². The number of hydrogen-bond acceptors (Lipinski definition) is 3. The maximum atomic E-state index is 12.1. The van der Waals surface area contributed by atoms with E-state index in [-0.39, 0.29) is 0 Å². The zero-order valence-electron chi connectivity index (χ0n) is 9.88. The summed E-state index contributed by atoms with van der Waals surface area (Å²) in [7, 11) is -1.32. The second-order valence-electron chi connectivity index (χ2n) is 4.72. The molecule has 0 saturated heterocycles. The molecule has 0 aliphatic heterocycles. The molecule has 1 unspecified atom stereocenters. The predicted molar refractivity (Wildman–Crippen MR) is 67.9 cm³/mol. The molecule has 3 nitrogen and oxygen atoms in total. The molecule has 0 bridgehead atoms. The van der Waals surface area contributed by atoms with Gasteiger partial charge in [-0.25, -0.2) is 8.78 Å². The van der Waals surface area contributed by atoms with E-state index in [1.165, 1.54) is 13.8 Å². The first-order chi connectivity index (χ1) is 6.97. The van der Waals surface area contributed by atoms with Crippen LogP contribution in [0.3, 0.4) is 0 Å². The molecular weight excluding hydrogens is 332 g/mol. The van der Waals surface area contributed by atoms with Gasteiger partial charge in [0.05, 0.1) is 15.0 Å². The summed E-state index contributed by atoms with van der Waals surface area (Å²) in [6.07, 6.45) is -2.92. The van der Waals surface area contributed by atoms with E-state index in [4.69, 9.17) is 4.65 Å². The molecule has 2 N–H and O–H groups in total. The summed E-state index contributed by atoms with van der Waals surface area (Å²) in [5.74, 6) is 0. The van der Waals surface area contributed by atoms with Gasteiger partial charge >= 0.3 is 7.12 Å². The molecule has 1 atom stereocenters. The third kappa shape index (κ3) is 5.24. The van der Waals surface area contributed by atoms with Crippen molar-refractivity contribution in [3.63, 3.8) is 0 Å². The number of aliphatic hydroxyl groups is 1. The van der Waals surface area contributed by atoms with E-state index in [2.05, 4.69) is 0 Å². The van der Waals surface area contributed by atoms with Gasteiger partial charge in [-0.05, 0) is 27.7 Å². The molecular formula is C9H18BF2IO3. The Morgan fingerprint density at radius 3 is 2.06 bits per heavy atom. The van der Waals surface area contributed by atoms with E-state index < -0.39 is 35.0 Å². The Hall–Kier alpha value is 0.535. The van der Waals surface area contributed by atoms with Gasteiger partial charge in [0.1, 0.15) is 0 Å². The van der Waals surface area contributed by atoms with Crippen LogP contribution in [0.5, 0.6) is 0 Å². The standard InChI is InChI=1S/C9H18BF2IO3/c1-8(2,14)9(3,4)16-10(15)6(13)5-7(11)12/h6-7,14-15H,5H2,1-4H3. The molecule has 0 rings (SSSR count). The summed E-state index contributed by atoms with van der Waals surface area (Å²) in [5.41, 5.74) is -2.19. The third-order valence-corrected chi connectivity index (χ3v) is 3.73. The number of halogens is 3. The van der Waals surface area contributed by atoms with Crippen LogP contribution in [0.25, 0.3) is 0 Å². The van der Waals surface area contributed by atoms with Crippen molar-refractivity contribution in [2.75, 3.05) is 0 Å². The summed E-state index contributed by atoms with van der Waals surface area (Å²) < 4.78 is 28.7. The molecule has 0 radical (unpaired) electrons. The Kier molecular flexibility index (Phi) is 6.12. The first-order valence-corrected chi connectivity index (χ1v) is 6.22. The van der Waals surface area contributed by atoms with Crippen LogP contribution < -0.4 is 0 Å². The minimum absolute atomic E-state index is 0.441. The Morgan fingerprint density at radius 1 is 1.31 bits per heavy atom. The van der Waals surface area contributed by atoms with Crippen molar-refractivity contribution < 1.29 is 23.6 Å². The van der Waals surface area contributed by atoms with Gasteiger partial charge in [0.15, 0.2) is 0 Å². The Bertz CT molecular complexity index is 221. The van der Waals surface area contributed by atoms with E-state index in [0.29, 0.717) is 0 Å². The molecule has 0 amide bonds. The van der Waals surface area contributed by atoms with Gasteiger partial charge in [-0.1, -0.05) is 22.6 Å². The van der Waals surface area contributed by atoms with Crippen LogP contribution in [0.15, 0.2) is 0 Å². The lowest BCUT2D eigenvalue weighted by molar-refractivity contribution is -0.100. The minimum Gasteiger partial charge on any atom is -0.426 e. The normalized spacial score (nSPS) is 15.4. The van der Waals surface area contributed by atoms with E-state index >= 15 is 0 Å². The van der Waals surface area contributed by atoms with Crippen molar-refractivity contribution in [2.45, 2.75) is 55.6 Å². The molecule has 0 fully saturated rings. The second-order valence-corrected chi connectivity index (χ2v) is 6.32. The van der Waals surface area contributed by atoms with Crippen LogP contribution >= 0.6 is 22.6 Å². The van der Waals surface area contributed by atoms with Crippen LogP contribution in [0.4, 0.5) is 8.78 Å². The maximum Gasteiger partial charge on any atom is 0.468 e. The van der Waals surface area contributed by atoms with E-state index in [1.54, 1.807) is 36.4 Å². The SMILES string of the molecule is CC(C)(O)C(C)(C)OB(O)C(I)CC(F)F. The molecule has 0 heterocycles. The molecule has 0 spiro atoms. The first-order valence-electron chi connectivity index (χ1n) is 4.98. The zero-order chi connectivity index (χ0) is 13.1. The van der Waals surface area contributed by atoms with Crippen molar-refractivity contribution in [1.29, 1.82) is 0 Å². The summed E-state index contributed by atoms with van der Waals surface area (Å²) in [6.45, 7) is 6.27. The van der Waals surface area contributed by atoms with Gasteiger partial charge < -0.3 is 14.8 Å². The average Bonchev–Trinajstić information content (AvgIpc) is 1.99. The van der Waals surface area contributed by atoms with Gasteiger partial charge in [0.25, 0.3) is 0 Å². The van der Waals surface area contributed by atoms with Crippen LogP contribution in [-0.2, 0) is 4.65 Å². The third-order valence-electron chi connectivity index (χ3n) is 2.60. The van der Waals surface area contributed by atoms with Crippen molar-refractivity contribution in [1.82, 2.24) is 0 Å². The maximum absolute atomic E-state index is 12.1. The summed E-state index contributed by atoms with van der Waals surface area (Å²) in [4.78, 5) is 0. The number of rotatable bonds is 6. The van der Waals surface area contributed by atoms with Gasteiger partial charge in [-0.3, -0.25) is 0 Å². The van der Waals surface area contributed by atoms with E-state index in [0.717, 1.165) is 0 Å². The van der Waals surface area contributed by atoms with E-state index in [1.807, 2.05) is 0 Å². The molecule has 0 aromatic rings. The summed E-state index contributed by atoms with van der Waals surface area (Å²) >= 11 is 1.71. The van der Waals surface area contributed by atoms with Crippen LogP contribution in [0, 0.1) is 0 Å². The lowest BCUT2D eigenvalue weighted by Gasteiger charge is -2.39. The molecule has 0 saturated carbocycles. The molecule has 7 heteroatoms. The summed E-state index contributed by atoms with van der Waals surface area (Å²) in [6, 6.07) is 0. The monoisotopic (exact) mass is 350 g/mol. The zero-order valence-corrected chi connectivity index (χ0v) is 12.0. The van der Waals surface area contributed by atoms with Crippen molar-refractivity contribution >= 4 is 29.7 Å². The van der Waals surface area contributed by atoms with Gasteiger partial charge in [0, 0.05) is 6.42 Å². The molecule has 16 heavy (non-hydrogen) atoms. The fraction of sp³-hybridized carbons (Fsp3) is 1.00. The molecule has 0 aliphatic carbocycles. The number of alkyl halides is 3. The number of hydrogen-bond donors (Lipinski definition) is 2. The predicted octanol–water partition coefficient (Wildman–Crippen LogP) is 2.03. The Morgan fingerprint density at radius 2 is 1.75 bits per heavy atom. The molecule has 96 valence electrons. The van der Waals surface area contributed by atoms with Gasteiger partial charge in [-0.2, -0.15) is 0 Å². The van der Waals surface area contributed by atoms with Crippen molar-refractivity contribution in [3.05, 3.63) is 0 Å². The lowest BCUT2D eigenvalue weighted by Crippen LogP contribution is -2.52. The highest BCUT2D eigenvalue weighted by molar-refractivity contribution is 14.1. The van der Waals surface area contributed by atoms with Crippen molar-refractivity contribution in [2.24, 2.45) is 0 Å². The average molecular weight is 350 g/mol. The van der Waals surface area contributed by atoms with Crippen LogP contribution in [-0.4, -0.2) is 38.7 Å². The Labute approximate surface area is 109 Å². The molecule has 0 aliphatic rings. The summed E-state index contributed by atoms with van der Waals surface area (Å²) in [5, 5.41) is 19.4. The van der Waals surface area contributed by atoms with Crippen molar-refractivity contribution in [3.8, 4) is 0 Å². The fourth-order valence-corrected chi connectivity index (χ4v) is 1.34. The van der Waals surface area contributed by atoms with E-state index in [9.17, 15) is 18.9 Å². The Balaban J connectivity index is 4.38. The van der Waals surface area contributed by atoms with Gasteiger partial charge in [0.2, 0.25) is 6.43 Å². The second kappa shape index (κ2) is 5.93. The molecule has 0 aromatic carbocycles. The van der Waals surface area contributed by atoms with Crippen LogP contribution in [0.2, 0.25) is 0 Å². The highest BCUT2D eigenvalue weighted by atomic mass is 127. The fourth-order valence-electron chi connectivity index (χ4n) is 0.807.